The number of carboxylic acids is 1. The third-order valence-electron chi connectivity index (χ3n) is 1.90. The van der Waals surface area contributed by atoms with E-state index in [1.54, 1.807) is 12.1 Å². The fourth-order valence-electron chi connectivity index (χ4n) is 1.17. The highest BCUT2D eigenvalue weighted by Crippen LogP contribution is 1.99. The predicted molar refractivity (Wildman–Crippen MR) is 57.6 cm³/mol. The van der Waals surface area contributed by atoms with Gasteiger partial charge in [-0.1, -0.05) is 5.21 Å². The minimum absolute atomic E-state index is 0.156. The highest BCUT2D eigenvalue weighted by molar-refractivity contribution is 5.89. The van der Waals surface area contributed by atoms with Gasteiger partial charge in [0.2, 0.25) is 5.91 Å². The van der Waals surface area contributed by atoms with Crippen molar-refractivity contribution in [3.05, 3.63) is 30.2 Å². The maximum absolute atomic E-state index is 11.5. The first kappa shape index (κ1) is 11.6. The van der Waals surface area contributed by atoms with E-state index in [2.05, 4.69) is 25.8 Å². The van der Waals surface area contributed by atoms with Crippen LogP contribution in [-0.4, -0.2) is 42.2 Å². The van der Waals surface area contributed by atoms with Crippen LogP contribution < -0.4 is 5.32 Å². The Morgan fingerprint density at radius 2 is 2.22 bits per heavy atom. The number of anilines is 1. The Hall–Kier alpha value is -2.84. The molecule has 0 aromatic carbocycles. The first-order chi connectivity index (χ1) is 8.65. The van der Waals surface area contributed by atoms with Crippen molar-refractivity contribution >= 4 is 17.7 Å². The number of nitrogens with one attached hydrogen (secondary N) is 1. The van der Waals surface area contributed by atoms with Crippen molar-refractivity contribution in [2.75, 3.05) is 5.32 Å². The molecular weight excluding hydrogens is 240 g/mol. The average molecular weight is 248 g/mol. The van der Waals surface area contributed by atoms with Crippen LogP contribution in [-0.2, 0) is 11.3 Å². The standard InChI is InChI=1S/C9H8N6O3/c16-8(11-7-2-1-3-10-13-7)5-15-4-6(9(17)18)12-14-15/h1-4H,5H2,(H,17,18)(H,11,13,16). The van der Waals surface area contributed by atoms with Crippen LogP contribution in [0.1, 0.15) is 10.5 Å². The van der Waals surface area contributed by atoms with Crippen molar-refractivity contribution in [1.29, 1.82) is 0 Å². The molecule has 2 aromatic rings. The number of hydrogen-bond acceptors (Lipinski definition) is 6. The molecule has 18 heavy (non-hydrogen) atoms. The van der Waals surface area contributed by atoms with Gasteiger partial charge in [0.05, 0.1) is 6.20 Å². The Kier molecular flexibility index (Phi) is 3.23. The number of carboxylic acid groups (broad SMARTS) is 1. The molecule has 1 amide bonds. The van der Waals surface area contributed by atoms with Gasteiger partial charge in [0.15, 0.2) is 11.5 Å². The van der Waals surface area contributed by atoms with Gasteiger partial charge in [-0.15, -0.1) is 10.2 Å². The molecule has 0 bridgehead atoms. The summed E-state index contributed by atoms with van der Waals surface area (Å²) in [6.45, 7) is -0.156. The molecule has 0 spiro atoms. The normalized spacial score (nSPS) is 10.0. The van der Waals surface area contributed by atoms with E-state index >= 15 is 0 Å². The molecule has 9 nitrogen and oxygen atoms in total. The number of carbonyl (C=O) groups is 2. The van der Waals surface area contributed by atoms with Crippen molar-refractivity contribution in [3.63, 3.8) is 0 Å². The molecular formula is C9H8N6O3. The summed E-state index contributed by atoms with van der Waals surface area (Å²) in [5.74, 6) is -1.30. The molecule has 2 rings (SSSR count). The third-order valence-corrected chi connectivity index (χ3v) is 1.90. The van der Waals surface area contributed by atoms with E-state index in [1.807, 2.05) is 0 Å². The lowest BCUT2D eigenvalue weighted by Gasteiger charge is -2.02. The van der Waals surface area contributed by atoms with E-state index in [9.17, 15) is 9.59 Å². The summed E-state index contributed by atoms with van der Waals surface area (Å²) in [4.78, 5) is 22.1. The summed E-state index contributed by atoms with van der Waals surface area (Å²) in [5.41, 5.74) is -0.220. The summed E-state index contributed by atoms with van der Waals surface area (Å²) in [5, 5.41) is 25.3. The van der Waals surface area contributed by atoms with E-state index in [0.717, 1.165) is 4.68 Å². The molecule has 2 aromatic heterocycles. The molecule has 0 aliphatic rings. The quantitative estimate of drug-likeness (QED) is 0.740. The molecule has 0 radical (unpaired) electrons. The fraction of sp³-hybridized carbons (Fsp3) is 0.111. The Morgan fingerprint density at radius 3 is 2.83 bits per heavy atom. The van der Waals surface area contributed by atoms with E-state index in [4.69, 9.17) is 5.11 Å². The fourth-order valence-corrected chi connectivity index (χ4v) is 1.17. The number of nitrogens with zero attached hydrogens (tertiary/aromatic N) is 5. The Bertz CT molecular complexity index is 567. The van der Waals surface area contributed by atoms with Gasteiger partial charge in [0, 0.05) is 6.20 Å². The van der Waals surface area contributed by atoms with Crippen LogP contribution in [0.3, 0.4) is 0 Å². The van der Waals surface area contributed by atoms with Gasteiger partial charge in [-0.25, -0.2) is 9.48 Å². The van der Waals surface area contributed by atoms with Crippen molar-refractivity contribution in [1.82, 2.24) is 25.2 Å². The molecule has 92 valence electrons. The maximum Gasteiger partial charge on any atom is 0.358 e. The van der Waals surface area contributed by atoms with Crippen LogP contribution >= 0.6 is 0 Å². The summed E-state index contributed by atoms with van der Waals surface area (Å²) in [7, 11) is 0. The van der Waals surface area contributed by atoms with Gasteiger partial charge < -0.3 is 10.4 Å². The van der Waals surface area contributed by atoms with E-state index in [0.29, 0.717) is 5.82 Å². The number of amides is 1. The van der Waals surface area contributed by atoms with Gasteiger partial charge in [0.25, 0.3) is 0 Å². The molecule has 0 saturated heterocycles. The molecule has 0 aliphatic carbocycles. The smallest absolute Gasteiger partial charge is 0.358 e. The molecule has 0 aliphatic heterocycles. The minimum Gasteiger partial charge on any atom is -0.476 e. The highest BCUT2D eigenvalue weighted by atomic mass is 16.4. The van der Waals surface area contributed by atoms with Gasteiger partial charge in [-0.05, 0) is 12.1 Å². The monoisotopic (exact) mass is 248 g/mol. The van der Waals surface area contributed by atoms with Crippen molar-refractivity contribution in [2.24, 2.45) is 0 Å². The third kappa shape index (κ3) is 2.84. The Morgan fingerprint density at radius 1 is 1.39 bits per heavy atom. The first-order valence-electron chi connectivity index (χ1n) is 4.86. The number of aromatic carboxylic acids is 1. The molecule has 0 unspecified atom stereocenters. The molecule has 0 saturated carbocycles. The van der Waals surface area contributed by atoms with Crippen LogP contribution in [0.2, 0.25) is 0 Å². The molecule has 2 N–H and O–H groups in total. The van der Waals surface area contributed by atoms with Crippen LogP contribution in [0, 0.1) is 0 Å². The first-order valence-corrected chi connectivity index (χ1v) is 4.86. The van der Waals surface area contributed by atoms with Gasteiger partial charge in [-0.3, -0.25) is 4.79 Å². The zero-order valence-electron chi connectivity index (χ0n) is 9.02. The second-order valence-corrected chi connectivity index (χ2v) is 3.26. The second kappa shape index (κ2) is 4.99. The maximum atomic E-state index is 11.5. The summed E-state index contributed by atoms with van der Waals surface area (Å²) >= 11 is 0. The van der Waals surface area contributed by atoms with Gasteiger partial charge >= 0.3 is 5.97 Å². The second-order valence-electron chi connectivity index (χ2n) is 3.26. The average Bonchev–Trinajstić information content (AvgIpc) is 2.78. The summed E-state index contributed by atoms with van der Waals surface area (Å²) in [6, 6.07) is 3.20. The summed E-state index contributed by atoms with van der Waals surface area (Å²) in [6.07, 6.45) is 2.64. The topological polar surface area (TPSA) is 123 Å². The lowest BCUT2D eigenvalue weighted by Crippen LogP contribution is -2.19. The number of hydrogen-bond donors (Lipinski definition) is 2. The van der Waals surface area contributed by atoms with Crippen LogP contribution in [0.5, 0.6) is 0 Å². The van der Waals surface area contributed by atoms with Crippen molar-refractivity contribution in [3.8, 4) is 0 Å². The Labute approximate surface area is 100 Å². The van der Waals surface area contributed by atoms with Crippen LogP contribution in [0.25, 0.3) is 0 Å². The van der Waals surface area contributed by atoms with Crippen molar-refractivity contribution < 1.29 is 14.7 Å². The molecule has 0 atom stereocenters. The minimum atomic E-state index is -1.20. The van der Waals surface area contributed by atoms with Crippen LogP contribution in [0.4, 0.5) is 5.82 Å². The SMILES string of the molecule is O=C(Cn1cc(C(=O)O)nn1)Nc1cccnn1. The molecule has 9 heteroatoms. The molecule has 0 fully saturated rings. The number of rotatable bonds is 4. The van der Waals surface area contributed by atoms with Gasteiger partial charge in [0.1, 0.15) is 6.54 Å². The van der Waals surface area contributed by atoms with E-state index in [-0.39, 0.29) is 12.2 Å². The largest absolute Gasteiger partial charge is 0.476 e. The zero-order chi connectivity index (χ0) is 13.0. The number of carbonyl (C=O) groups excluding carboxylic acids is 1. The van der Waals surface area contributed by atoms with Crippen molar-refractivity contribution in [2.45, 2.75) is 6.54 Å². The van der Waals surface area contributed by atoms with Crippen LogP contribution in [0.15, 0.2) is 24.5 Å². The van der Waals surface area contributed by atoms with E-state index < -0.39 is 11.9 Å². The summed E-state index contributed by atoms with van der Waals surface area (Å²) < 4.78 is 1.12. The predicted octanol–water partition coefficient (Wildman–Crippen LogP) is -0.595. The lowest BCUT2D eigenvalue weighted by atomic mass is 10.5. The highest BCUT2D eigenvalue weighted by Gasteiger charge is 2.10. The number of aromatic nitrogens is 5. The van der Waals surface area contributed by atoms with E-state index in [1.165, 1.54) is 12.4 Å². The zero-order valence-corrected chi connectivity index (χ0v) is 9.02. The Balaban J connectivity index is 1.97. The molecule has 2 heterocycles. The van der Waals surface area contributed by atoms with Gasteiger partial charge in [-0.2, -0.15) is 5.10 Å². The lowest BCUT2D eigenvalue weighted by molar-refractivity contribution is -0.117.